The maximum absolute atomic E-state index is 13.0. The smallest absolute Gasteiger partial charge is 0.332 e. The molecule has 1 aromatic rings. The van der Waals surface area contributed by atoms with Crippen LogP contribution in [0.5, 0.6) is 0 Å². The third-order valence-corrected chi connectivity index (χ3v) is 7.15. The van der Waals surface area contributed by atoms with Gasteiger partial charge < -0.3 is 14.6 Å². The van der Waals surface area contributed by atoms with Gasteiger partial charge >= 0.3 is 5.97 Å². The monoisotopic (exact) mass is 477 g/mol. The lowest BCUT2D eigenvalue weighted by atomic mass is 9.82. The van der Waals surface area contributed by atoms with Crippen LogP contribution in [-0.4, -0.2) is 46.3 Å². The molecule has 0 radical (unpaired) electrons. The zero-order valence-corrected chi connectivity index (χ0v) is 21.8. The number of esters is 1. The van der Waals surface area contributed by atoms with Crippen LogP contribution in [0, 0.1) is 18.8 Å². The summed E-state index contributed by atoms with van der Waals surface area (Å²) >= 11 is 1.58. The van der Waals surface area contributed by atoms with Gasteiger partial charge in [-0.1, -0.05) is 25.5 Å². The van der Waals surface area contributed by atoms with Crippen molar-refractivity contribution in [2.24, 2.45) is 11.8 Å². The van der Waals surface area contributed by atoms with E-state index in [2.05, 4.69) is 18.0 Å². The zero-order valence-electron chi connectivity index (χ0n) is 21.0. The van der Waals surface area contributed by atoms with E-state index in [9.17, 15) is 14.7 Å². The Morgan fingerprint density at radius 3 is 2.61 bits per heavy atom. The molecule has 0 aliphatic carbocycles. The van der Waals surface area contributed by atoms with Crippen LogP contribution in [0.3, 0.4) is 0 Å². The van der Waals surface area contributed by atoms with Crippen molar-refractivity contribution < 1.29 is 24.2 Å². The maximum Gasteiger partial charge on any atom is 0.332 e. The largest absolute Gasteiger partial charge is 0.456 e. The standard InChI is InChI=1S/C26H39NO5S/c1-16-9-8-10-17(2)24(29)19(4)25(30)26(6,7)31-14-23(28)32-22(12-11-16)18(3)13-21-15-33-20(5)27-21/h11,13,15,17,19,22,24,29H,8-10,12,14H2,1-7H3. The van der Waals surface area contributed by atoms with E-state index in [1.807, 2.05) is 32.2 Å². The minimum absolute atomic E-state index is 0.00934. The summed E-state index contributed by atoms with van der Waals surface area (Å²) < 4.78 is 11.5. The normalized spacial score (nSPS) is 28.8. The van der Waals surface area contributed by atoms with Gasteiger partial charge in [0.05, 0.1) is 16.8 Å². The third kappa shape index (κ3) is 8.16. The SMILES string of the molecule is CC1=CCC(C(C)=Cc2csc(C)n2)OC(=O)COC(C)(C)C(=O)C(C)C(O)C(C)CCC1. The molecule has 184 valence electrons. The molecule has 7 heteroatoms. The Hall–Kier alpha value is -1.83. The molecule has 0 saturated heterocycles. The molecule has 0 saturated carbocycles. The number of aliphatic hydroxyl groups is 1. The first-order valence-corrected chi connectivity index (χ1v) is 12.6. The summed E-state index contributed by atoms with van der Waals surface area (Å²) in [6.07, 6.45) is 6.06. The van der Waals surface area contributed by atoms with Gasteiger partial charge in [-0.05, 0) is 71.4 Å². The van der Waals surface area contributed by atoms with E-state index in [4.69, 9.17) is 9.47 Å². The Morgan fingerprint density at radius 2 is 1.97 bits per heavy atom. The molecular weight excluding hydrogens is 438 g/mol. The summed E-state index contributed by atoms with van der Waals surface area (Å²) in [5.74, 6) is -1.34. The molecule has 1 aliphatic rings. The highest BCUT2D eigenvalue weighted by Crippen LogP contribution is 2.26. The average Bonchev–Trinajstić information content (AvgIpc) is 3.17. The van der Waals surface area contributed by atoms with E-state index in [1.165, 1.54) is 5.57 Å². The molecule has 2 rings (SSSR count). The molecule has 0 aromatic carbocycles. The Morgan fingerprint density at radius 1 is 1.27 bits per heavy atom. The number of hydrogen-bond donors (Lipinski definition) is 1. The number of ketones is 1. The van der Waals surface area contributed by atoms with E-state index in [-0.39, 0.29) is 18.3 Å². The molecule has 1 N–H and O–H groups in total. The van der Waals surface area contributed by atoms with Crippen molar-refractivity contribution in [1.29, 1.82) is 0 Å². The number of nitrogens with zero attached hydrogens (tertiary/aromatic N) is 1. The molecule has 0 bridgehead atoms. The third-order valence-electron chi connectivity index (χ3n) is 6.36. The van der Waals surface area contributed by atoms with Gasteiger partial charge in [0.1, 0.15) is 18.3 Å². The van der Waals surface area contributed by atoms with Crippen molar-refractivity contribution in [1.82, 2.24) is 4.98 Å². The van der Waals surface area contributed by atoms with Crippen molar-refractivity contribution >= 4 is 29.2 Å². The van der Waals surface area contributed by atoms with Crippen molar-refractivity contribution in [2.45, 2.75) is 92.0 Å². The topological polar surface area (TPSA) is 85.7 Å². The summed E-state index contributed by atoms with van der Waals surface area (Å²) in [5, 5.41) is 13.7. The fourth-order valence-electron chi connectivity index (χ4n) is 4.08. The van der Waals surface area contributed by atoms with Crippen molar-refractivity contribution in [3.8, 4) is 0 Å². The quantitative estimate of drug-likeness (QED) is 0.460. The van der Waals surface area contributed by atoms with Crippen molar-refractivity contribution in [2.75, 3.05) is 6.61 Å². The van der Waals surface area contributed by atoms with Crippen LogP contribution in [0.2, 0.25) is 0 Å². The highest BCUT2D eigenvalue weighted by atomic mass is 32.1. The number of cyclic esters (lactones) is 1. The van der Waals surface area contributed by atoms with E-state index >= 15 is 0 Å². The molecular formula is C26H39NO5S. The Bertz CT molecular complexity index is 885. The first-order valence-electron chi connectivity index (χ1n) is 11.7. The van der Waals surface area contributed by atoms with E-state index in [0.717, 1.165) is 35.5 Å². The van der Waals surface area contributed by atoms with E-state index in [1.54, 1.807) is 32.1 Å². The number of aliphatic hydroxyl groups excluding tert-OH is 1. The number of Topliss-reactive ketones (excluding diaryl/α,β-unsaturated/α-hetero) is 1. The Balaban J connectivity index is 2.27. The highest BCUT2D eigenvalue weighted by Gasteiger charge is 2.38. The number of carbonyl (C=O) groups excluding carboxylic acids is 2. The second kappa shape index (κ2) is 12.0. The molecule has 1 aromatic heterocycles. The fraction of sp³-hybridized carbons (Fsp3) is 0.654. The van der Waals surface area contributed by atoms with Gasteiger partial charge in [0.15, 0.2) is 5.78 Å². The lowest BCUT2D eigenvalue weighted by molar-refractivity contribution is -0.164. The number of hydrogen-bond acceptors (Lipinski definition) is 7. The van der Waals surface area contributed by atoms with Gasteiger partial charge in [-0.3, -0.25) is 4.79 Å². The molecule has 6 nitrogen and oxygen atoms in total. The van der Waals surface area contributed by atoms with Crippen LogP contribution in [0.1, 0.15) is 77.9 Å². The van der Waals surface area contributed by atoms with Crippen molar-refractivity contribution in [3.05, 3.63) is 33.3 Å². The second-order valence-electron chi connectivity index (χ2n) is 9.76. The van der Waals surface area contributed by atoms with Gasteiger partial charge in [0.25, 0.3) is 0 Å². The predicted octanol–water partition coefficient (Wildman–Crippen LogP) is 5.28. The number of rotatable bonds is 2. The first-order chi connectivity index (χ1) is 15.4. The number of thiazole rings is 1. The first kappa shape index (κ1) is 27.4. The van der Waals surface area contributed by atoms with Crippen LogP contribution < -0.4 is 0 Å². The lowest BCUT2D eigenvalue weighted by Crippen LogP contribution is -2.45. The summed E-state index contributed by atoms with van der Waals surface area (Å²) in [7, 11) is 0. The molecule has 1 aliphatic heterocycles. The van der Waals surface area contributed by atoms with Crippen LogP contribution in [-0.2, 0) is 19.1 Å². The molecule has 33 heavy (non-hydrogen) atoms. The Kier molecular flexibility index (Phi) is 10.0. The maximum atomic E-state index is 13.0. The van der Waals surface area contributed by atoms with Crippen molar-refractivity contribution in [3.63, 3.8) is 0 Å². The van der Waals surface area contributed by atoms with Gasteiger partial charge in [-0.15, -0.1) is 11.3 Å². The Labute approximate surface area is 202 Å². The van der Waals surface area contributed by atoms with E-state index in [0.29, 0.717) is 6.42 Å². The summed E-state index contributed by atoms with van der Waals surface area (Å²) in [5.41, 5.74) is 1.76. The average molecular weight is 478 g/mol. The summed E-state index contributed by atoms with van der Waals surface area (Å²) in [4.78, 5) is 30.1. The van der Waals surface area contributed by atoms with Crippen LogP contribution >= 0.6 is 11.3 Å². The number of ether oxygens (including phenoxy) is 2. The van der Waals surface area contributed by atoms with Gasteiger partial charge in [-0.25, -0.2) is 9.78 Å². The molecule has 0 spiro atoms. The number of carbonyl (C=O) groups is 2. The number of allylic oxidation sites excluding steroid dienone is 1. The molecule has 0 amide bonds. The van der Waals surface area contributed by atoms with Gasteiger partial charge in [0.2, 0.25) is 0 Å². The molecule has 0 fully saturated rings. The molecule has 4 unspecified atom stereocenters. The number of aryl methyl sites for hydroxylation is 1. The highest BCUT2D eigenvalue weighted by molar-refractivity contribution is 7.09. The van der Waals surface area contributed by atoms with Gasteiger partial charge in [0, 0.05) is 17.7 Å². The second-order valence-corrected chi connectivity index (χ2v) is 10.8. The molecule has 2 heterocycles. The zero-order chi connectivity index (χ0) is 24.8. The van der Waals surface area contributed by atoms with Crippen LogP contribution in [0.15, 0.2) is 22.6 Å². The number of aromatic nitrogens is 1. The summed E-state index contributed by atoms with van der Waals surface area (Å²) in [6.45, 7) is 12.6. The van der Waals surface area contributed by atoms with Gasteiger partial charge in [-0.2, -0.15) is 0 Å². The fourth-order valence-corrected chi connectivity index (χ4v) is 4.65. The minimum Gasteiger partial charge on any atom is -0.456 e. The minimum atomic E-state index is -1.20. The predicted molar refractivity (Wildman–Crippen MR) is 132 cm³/mol. The lowest BCUT2D eigenvalue weighted by Gasteiger charge is -2.31. The van der Waals surface area contributed by atoms with Crippen LogP contribution in [0.25, 0.3) is 6.08 Å². The molecule has 4 atom stereocenters. The van der Waals surface area contributed by atoms with Crippen LogP contribution in [0.4, 0.5) is 0 Å². The van der Waals surface area contributed by atoms with E-state index < -0.39 is 29.7 Å². The summed E-state index contributed by atoms with van der Waals surface area (Å²) in [6, 6.07) is 0.